The number of halogens is 1. The van der Waals surface area contributed by atoms with Crippen molar-refractivity contribution in [3.05, 3.63) is 23.2 Å². The molecule has 0 saturated carbocycles. The Bertz CT molecular complexity index is 768. The normalized spacial score (nSPS) is 10.8. The van der Waals surface area contributed by atoms with Crippen molar-refractivity contribution in [3.8, 4) is 0 Å². The van der Waals surface area contributed by atoms with Gasteiger partial charge in [0.15, 0.2) is 5.16 Å². The molecule has 9 heteroatoms. The van der Waals surface area contributed by atoms with Gasteiger partial charge in [0.1, 0.15) is 22.7 Å². The lowest BCUT2D eigenvalue weighted by Gasteiger charge is -2.10. The van der Waals surface area contributed by atoms with Crippen LogP contribution in [-0.4, -0.2) is 32.0 Å². The summed E-state index contributed by atoms with van der Waals surface area (Å²) in [5, 5.41) is 7.47. The summed E-state index contributed by atoms with van der Waals surface area (Å²) in [7, 11) is 1.81. The van der Waals surface area contributed by atoms with Gasteiger partial charge >= 0.3 is 0 Å². The molecule has 0 spiro atoms. The molecule has 0 aliphatic carbocycles. The molecule has 2 heterocycles. The maximum Gasteiger partial charge on any atom is 0.191 e. The Morgan fingerprint density at radius 3 is 2.76 bits per heavy atom. The highest BCUT2D eigenvalue weighted by Gasteiger charge is 2.12. The first-order valence-corrected chi connectivity index (χ1v) is 8.33. The molecule has 0 radical (unpaired) electrons. The average Bonchev–Trinajstić information content (AvgIpc) is 2.98. The van der Waals surface area contributed by atoms with Crippen LogP contribution in [0.1, 0.15) is 0 Å². The van der Waals surface area contributed by atoms with Gasteiger partial charge in [-0.25, -0.2) is 9.97 Å². The number of anilines is 3. The molecule has 0 saturated heterocycles. The molecule has 108 valence electrons. The second kappa shape index (κ2) is 6.00. The van der Waals surface area contributed by atoms with Crippen LogP contribution in [0.3, 0.4) is 0 Å². The van der Waals surface area contributed by atoms with E-state index in [1.807, 2.05) is 25.4 Å². The molecule has 0 amide bonds. The summed E-state index contributed by atoms with van der Waals surface area (Å²) in [6, 6.07) is 5.45. The smallest absolute Gasteiger partial charge is 0.191 e. The van der Waals surface area contributed by atoms with E-state index in [2.05, 4.69) is 29.3 Å². The van der Waals surface area contributed by atoms with Crippen molar-refractivity contribution in [3.63, 3.8) is 0 Å². The first kappa shape index (κ1) is 14.3. The minimum Gasteiger partial charge on any atom is -0.373 e. The molecular weight excluding hydrogens is 328 g/mol. The molecule has 1 aromatic carbocycles. The van der Waals surface area contributed by atoms with Crippen LogP contribution in [-0.2, 0) is 0 Å². The molecule has 3 rings (SSSR count). The zero-order valence-corrected chi connectivity index (χ0v) is 13.6. The minimum atomic E-state index is 0.575. The van der Waals surface area contributed by atoms with E-state index in [-0.39, 0.29) is 0 Å². The molecule has 0 atom stereocenters. The maximum atomic E-state index is 6.27. The first-order valence-electron chi connectivity index (χ1n) is 6.00. The predicted octanol–water partition coefficient (Wildman–Crippen LogP) is 3.64. The standard InChI is InChI=1S/C12H11ClN6S2/c1-14-8-5-9(17-12(16-8)20-2)15-10-6(13)3-4-7-11(10)19-21-18-7/h3-5H,1-2H3,(H2,14,15,16,17). The number of aromatic nitrogens is 4. The molecular formula is C12H11ClN6S2. The van der Waals surface area contributed by atoms with Gasteiger partial charge in [-0.3, -0.25) is 0 Å². The molecule has 21 heavy (non-hydrogen) atoms. The van der Waals surface area contributed by atoms with Crippen LogP contribution in [0.15, 0.2) is 23.4 Å². The quantitative estimate of drug-likeness (QED) is 0.555. The van der Waals surface area contributed by atoms with Crippen LogP contribution < -0.4 is 10.6 Å². The fraction of sp³-hybridized carbons (Fsp3) is 0.167. The Hall–Kier alpha value is -1.64. The monoisotopic (exact) mass is 338 g/mol. The van der Waals surface area contributed by atoms with E-state index in [4.69, 9.17) is 11.6 Å². The SMILES string of the molecule is CNc1cc(Nc2c(Cl)ccc3nsnc23)nc(SC)n1. The summed E-state index contributed by atoms with van der Waals surface area (Å²) in [6.07, 6.45) is 1.93. The Morgan fingerprint density at radius 1 is 1.19 bits per heavy atom. The van der Waals surface area contributed by atoms with Crippen LogP contribution in [0.2, 0.25) is 5.02 Å². The van der Waals surface area contributed by atoms with Crippen molar-refractivity contribution in [1.29, 1.82) is 0 Å². The molecule has 0 aliphatic rings. The zero-order chi connectivity index (χ0) is 14.8. The van der Waals surface area contributed by atoms with E-state index in [0.717, 1.165) is 28.6 Å². The summed E-state index contributed by atoms with van der Waals surface area (Å²) in [6.45, 7) is 0. The van der Waals surface area contributed by atoms with Gasteiger partial charge in [-0.1, -0.05) is 23.4 Å². The Labute approximate surface area is 134 Å². The van der Waals surface area contributed by atoms with Gasteiger partial charge in [0.05, 0.1) is 22.4 Å². The van der Waals surface area contributed by atoms with Gasteiger partial charge in [-0.15, -0.1) is 0 Å². The number of nitrogens with one attached hydrogen (secondary N) is 2. The van der Waals surface area contributed by atoms with Gasteiger partial charge in [-0.05, 0) is 18.4 Å². The number of hydrogen-bond donors (Lipinski definition) is 2. The summed E-state index contributed by atoms with van der Waals surface area (Å²) in [5.41, 5.74) is 2.25. The predicted molar refractivity (Wildman–Crippen MR) is 89.1 cm³/mol. The van der Waals surface area contributed by atoms with Crippen LogP contribution >= 0.6 is 35.1 Å². The van der Waals surface area contributed by atoms with Crippen LogP contribution in [0.4, 0.5) is 17.3 Å². The summed E-state index contributed by atoms with van der Waals surface area (Å²) >= 11 is 8.89. The second-order valence-corrected chi connectivity index (χ2v) is 5.76. The maximum absolute atomic E-state index is 6.27. The summed E-state index contributed by atoms with van der Waals surface area (Å²) < 4.78 is 8.49. The topological polar surface area (TPSA) is 75.6 Å². The molecule has 0 bridgehead atoms. The number of fused-ring (bicyclic) bond motifs is 1. The summed E-state index contributed by atoms with van der Waals surface area (Å²) in [4.78, 5) is 8.75. The highest BCUT2D eigenvalue weighted by atomic mass is 35.5. The first-order chi connectivity index (χ1) is 10.2. The van der Waals surface area contributed by atoms with E-state index in [1.165, 1.54) is 11.8 Å². The lowest BCUT2D eigenvalue weighted by molar-refractivity contribution is 0.977. The molecule has 6 nitrogen and oxygen atoms in total. The van der Waals surface area contributed by atoms with Gasteiger partial charge in [-0.2, -0.15) is 8.75 Å². The number of rotatable bonds is 4. The summed E-state index contributed by atoms with van der Waals surface area (Å²) in [5.74, 6) is 1.39. The highest BCUT2D eigenvalue weighted by molar-refractivity contribution is 7.98. The lowest BCUT2D eigenvalue weighted by atomic mass is 10.2. The highest BCUT2D eigenvalue weighted by Crippen LogP contribution is 2.32. The van der Waals surface area contributed by atoms with Gasteiger partial charge in [0.25, 0.3) is 0 Å². The lowest BCUT2D eigenvalue weighted by Crippen LogP contribution is -2.01. The van der Waals surface area contributed by atoms with E-state index < -0.39 is 0 Å². The minimum absolute atomic E-state index is 0.575. The van der Waals surface area contributed by atoms with Crippen molar-refractivity contribution in [1.82, 2.24) is 18.7 Å². The molecule has 2 aromatic heterocycles. The van der Waals surface area contributed by atoms with Crippen molar-refractivity contribution < 1.29 is 0 Å². The van der Waals surface area contributed by atoms with E-state index in [0.29, 0.717) is 21.7 Å². The molecule has 0 aliphatic heterocycles. The number of thioether (sulfide) groups is 1. The Morgan fingerprint density at radius 2 is 2.00 bits per heavy atom. The van der Waals surface area contributed by atoms with Gasteiger partial charge in [0, 0.05) is 13.1 Å². The average molecular weight is 339 g/mol. The van der Waals surface area contributed by atoms with Crippen molar-refractivity contribution in [2.45, 2.75) is 5.16 Å². The Balaban J connectivity index is 2.06. The van der Waals surface area contributed by atoms with Crippen LogP contribution in [0.5, 0.6) is 0 Å². The van der Waals surface area contributed by atoms with Crippen LogP contribution in [0.25, 0.3) is 11.0 Å². The van der Waals surface area contributed by atoms with E-state index >= 15 is 0 Å². The largest absolute Gasteiger partial charge is 0.373 e. The van der Waals surface area contributed by atoms with E-state index in [9.17, 15) is 0 Å². The molecule has 2 N–H and O–H groups in total. The third-order valence-electron chi connectivity index (χ3n) is 2.77. The van der Waals surface area contributed by atoms with Crippen molar-refractivity contribution in [2.24, 2.45) is 0 Å². The zero-order valence-electron chi connectivity index (χ0n) is 11.2. The van der Waals surface area contributed by atoms with Gasteiger partial charge < -0.3 is 10.6 Å². The molecule has 3 aromatic rings. The number of hydrogen-bond acceptors (Lipinski definition) is 8. The number of nitrogens with zero attached hydrogens (tertiary/aromatic N) is 4. The fourth-order valence-corrected chi connectivity index (χ4v) is 2.90. The van der Waals surface area contributed by atoms with Crippen LogP contribution in [0, 0.1) is 0 Å². The van der Waals surface area contributed by atoms with Crippen molar-refractivity contribution in [2.75, 3.05) is 23.9 Å². The number of benzene rings is 1. The molecule has 0 fully saturated rings. The van der Waals surface area contributed by atoms with E-state index in [1.54, 1.807) is 6.07 Å². The fourth-order valence-electron chi connectivity index (χ4n) is 1.78. The van der Waals surface area contributed by atoms with Gasteiger partial charge in [0.2, 0.25) is 0 Å². The second-order valence-electron chi connectivity index (χ2n) is 4.05. The Kier molecular flexibility index (Phi) is 4.09. The van der Waals surface area contributed by atoms with Crippen molar-refractivity contribution >= 4 is 63.4 Å². The third kappa shape index (κ3) is 2.87. The molecule has 0 unspecified atom stereocenters. The third-order valence-corrected chi connectivity index (χ3v) is 4.18.